The van der Waals surface area contributed by atoms with Gasteiger partial charge in [-0.15, -0.1) is 0 Å². The Balaban J connectivity index is 1.99. The number of nitrogens with one attached hydrogen (secondary N) is 2. The molecule has 0 saturated carbocycles. The van der Waals surface area contributed by atoms with Gasteiger partial charge in [0.25, 0.3) is 11.4 Å². The molecule has 2 aromatic carbocycles. The summed E-state index contributed by atoms with van der Waals surface area (Å²) in [5.41, 5.74) is 1.50. The molecule has 0 fully saturated rings. The van der Waals surface area contributed by atoms with Crippen molar-refractivity contribution in [1.82, 2.24) is 0 Å². The lowest BCUT2D eigenvalue weighted by Crippen LogP contribution is -2.07. The van der Waals surface area contributed by atoms with Gasteiger partial charge < -0.3 is 20.8 Å². The topological polar surface area (TPSA) is 151 Å². The molecule has 0 bridgehead atoms. The van der Waals surface area contributed by atoms with Crippen LogP contribution in [0, 0.1) is 20.2 Å². The van der Waals surface area contributed by atoms with Crippen molar-refractivity contribution in [2.24, 2.45) is 0 Å². The summed E-state index contributed by atoms with van der Waals surface area (Å²) >= 11 is 1.30. The molecule has 0 aromatic heterocycles. The van der Waals surface area contributed by atoms with E-state index >= 15 is 0 Å². The molecular formula is C18H22N4O6S. The molecule has 2 unspecified atom stereocenters. The molecule has 0 aliphatic rings. The van der Waals surface area contributed by atoms with Crippen molar-refractivity contribution in [2.45, 2.75) is 12.2 Å². The average Bonchev–Trinajstić information content (AvgIpc) is 2.72. The van der Waals surface area contributed by atoms with Crippen LogP contribution in [0.1, 0.15) is 23.3 Å². The Bertz CT molecular complexity index is 823. The van der Waals surface area contributed by atoms with Gasteiger partial charge in [0.15, 0.2) is 0 Å². The van der Waals surface area contributed by atoms with Crippen LogP contribution in [-0.4, -0.2) is 45.7 Å². The van der Waals surface area contributed by atoms with Crippen LogP contribution in [0.15, 0.2) is 36.4 Å². The van der Waals surface area contributed by atoms with Gasteiger partial charge in [0.05, 0.1) is 22.1 Å². The van der Waals surface area contributed by atoms with Crippen molar-refractivity contribution < 1.29 is 20.1 Å². The Morgan fingerprint density at radius 1 is 0.862 bits per heavy atom. The third-order valence-electron chi connectivity index (χ3n) is 4.29. The predicted octanol–water partition coefficient (Wildman–Crippen LogP) is 3.09. The van der Waals surface area contributed by atoms with Crippen LogP contribution in [0.4, 0.5) is 22.7 Å². The molecule has 0 radical (unpaired) electrons. The maximum absolute atomic E-state index is 11.0. The molecule has 2 aromatic rings. The third-order valence-corrected chi connectivity index (χ3v) is 5.40. The highest BCUT2D eigenvalue weighted by Gasteiger charge is 2.19. The lowest BCUT2D eigenvalue weighted by molar-refractivity contribution is -0.384. The molecule has 2 rings (SSSR count). The van der Waals surface area contributed by atoms with Gasteiger partial charge in [-0.3, -0.25) is 20.2 Å². The minimum atomic E-state index is -0.871. The first-order chi connectivity index (χ1) is 13.8. The highest BCUT2D eigenvalue weighted by Crippen LogP contribution is 2.31. The van der Waals surface area contributed by atoms with Gasteiger partial charge in [0, 0.05) is 37.7 Å². The molecule has 0 aliphatic heterocycles. The largest absolute Gasteiger partial charge is 0.388 e. The second-order valence-corrected chi connectivity index (χ2v) is 7.21. The van der Waals surface area contributed by atoms with Crippen molar-refractivity contribution in [3.63, 3.8) is 0 Å². The monoisotopic (exact) mass is 422 g/mol. The normalized spacial score (nSPS) is 12.8. The molecule has 4 N–H and O–H groups in total. The van der Waals surface area contributed by atoms with Crippen molar-refractivity contribution in [3.8, 4) is 0 Å². The smallest absolute Gasteiger partial charge is 0.292 e. The Morgan fingerprint density at radius 3 is 1.55 bits per heavy atom. The van der Waals surface area contributed by atoms with E-state index in [0.29, 0.717) is 22.5 Å². The number of nitro benzene ring substituents is 2. The maximum Gasteiger partial charge on any atom is 0.292 e. The maximum atomic E-state index is 11.0. The number of thioether (sulfide) groups is 1. The van der Waals surface area contributed by atoms with Crippen LogP contribution in [0.3, 0.4) is 0 Å². The van der Waals surface area contributed by atoms with Gasteiger partial charge >= 0.3 is 0 Å². The van der Waals surface area contributed by atoms with Crippen LogP contribution in [-0.2, 0) is 0 Å². The number of hydrogen-bond acceptors (Lipinski definition) is 9. The molecule has 156 valence electrons. The van der Waals surface area contributed by atoms with Crippen LogP contribution >= 0.6 is 11.8 Å². The van der Waals surface area contributed by atoms with E-state index in [1.54, 1.807) is 14.1 Å². The lowest BCUT2D eigenvalue weighted by Gasteiger charge is -2.15. The van der Waals surface area contributed by atoms with E-state index in [1.807, 2.05) is 0 Å². The zero-order chi connectivity index (χ0) is 21.6. The fourth-order valence-electron chi connectivity index (χ4n) is 2.72. The zero-order valence-electron chi connectivity index (χ0n) is 15.9. The summed E-state index contributed by atoms with van der Waals surface area (Å²) in [5, 5.41) is 48.1. The van der Waals surface area contributed by atoms with E-state index in [1.165, 1.54) is 48.2 Å². The van der Waals surface area contributed by atoms with E-state index in [9.17, 15) is 30.4 Å². The van der Waals surface area contributed by atoms with E-state index in [0.717, 1.165) is 0 Å². The van der Waals surface area contributed by atoms with E-state index in [-0.39, 0.29) is 22.9 Å². The van der Waals surface area contributed by atoms with Crippen molar-refractivity contribution in [1.29, 1.82) is 0 Å². The second kappa shape index (κ2) is 10.0. The van der Waals surface area contributed by atoms with Crippen LogP contribution < -0.4 is 10.6 Å². The number of rotatable bonds is 10. The minimum absolute atomic E-state index is 0.0787. The molecule has 11 heteroatoms. The molecule has 0 aliphatic carbocycles. The molecule has 0 spiro atoms. The van der Waals surface area contributed by atoms with Gasteiger partial charge in [-0.25, -0.2) is 0 Å². The predicted molar refractivity (Wildman–Crippen MR) is 113 cm³/mol. The zero-order valence-corrected chi connectivity index (χ0v) is 16.7. The van der Waals surface area contributed by atoms with Crippen LogP contribution in [0.5, 0.6) is 0 Å². The van der Waals surface area contributed by atoms with E-state index in [2.05, 4.69) is 10.6 Å². The highest BCUT2D eigenvalue weighted by atomic mass is 32.2. The Morgan fingerprint density at radius 2 is 1.24 bits per heavy atom. The standard InChI is InChI=1S/C18H22N4O6S/c1-19-13-7-11(3-5-15(13)21(25)26)17(23)9-29-10-18(24)12-4-6-16(22(27)28)14(8-12)20-2/h3-8,17-20,23-24H,9-10H2,1-2H3. The number of hydrogen-bond donors (Lipinski definition) is 4. The van der Waals surface area contributed by atoms with E-state index < -0.39 is 22.1 Å². The number of nitrogens with zero attached hydrogens (tertiary/aromatic N) is 2. The fourth-order valence-corrected chi connectivity index (χ4v) is 3.69. The summed E-state index contributed by atoms with van der Waals surface area (Å²) in [6, 6.07) is 8.71. The summed E-state index contributed by atoms with van der Waals surface area (Å²) in [4.78, 5) is 20.9. The van der Waals surface area contributed by atoms with Crippen molar-refractivity contribution in [2.75, 3.05) is 36.2 Å². The first kappa shape index (κ1) is 22.4. The van der Waals surface area contributed by atoms with Crippen LogP contribution in [0.2, 0.25) is 0 Å². The minimum Gasteiger partial charge on any atom is -0.388 e. The number of benzene rings is 2. The Hall–Kier alpha value is -2.89. The highest BCUT2D eigenvalue weighted by molar-refractivity contribution is 7.99. The van der Waals surface area contributed by atoms with Gasteiger partial charge in [-0.2, -0.15) is 11.8 Å². The first-order valence-electron chi connectivity index (χ1n) is 8.64. The molecule has 2 atom stereocenters. The number of nitro groups is 2. The third kappa shape index (κ3) is 5.56. The molecular weight excluding hydrogens is 400 g/mol. The van der Waals surface area contributed by atoms with Gasteiger partial charge in [-0.1, -0.05) is 0 Å². The lowest BCUT2D eigenvalue weighted by atomic mass is 10.1. The number of anilines is 2. The Labute approximate surface area is 171 Å². The summed E-state index contributed by atoms with van der Waals surface area (Å²) in [5.74, 6) is 0.535. The van der Waals surface area contributed by atoms with Crippen molar-refractivity contribution >= 4 is 34.5 Å². The van der Waals surface area contributed by atoms with Gasteiger partial charge in [-0.05, 0) is 35.4 Å². The van der Waals surface area contributed by atoms with Gasteiger partial charge in [0.2, 0.25) is 0 Å². The first-order valence-corrected chi connectivity index (χ1v) is 9.80. The molecule has 0 heterocycles. The van der Waals surface area contributed by atoms with Crippen LogP contribution in [0.25, 0.3) is 0 Å². The molecule has 10 nitrogen and oxygen atoms in total. The average molecular weight is 422 g/mol. The summed E-state index contributed by atoms with van der Waals surface area (Å²) in [7, 11) is 3.13. The van der Waals surface area contributed by atoms with E-state index in [4.69, 9.17) is 0 Å². The molecule has 29 heavy (non-hydrogen) atoms. The fraction of sp³-hybridized carbons (Fsp3) is 0.333. The quantitative estimate of drug-likeness (QED) is 0.334. The molecule has 0 amide bonds. The second-order valence-electron chi connectivity index (χ2n) is 6.14. The number of aliphatic hydroxyl groups excluding tert-OH is 2. The summed E-state index contributed by atoms with van der Waals surface area (Å²) < 4.78 is 0. The Kier molecular flexibility index (Phi) is 7.76. The SMILES string of the molecule is CNc1cc(C(O)CSCC(O)c2ccc([N+](=O)[O-])c(NC)c2)ccc1[N+](=O)[O-]. The number of aliphatic hydroxyl groups is 2. The van der Waals surface area contributed by atoms with Gasteiger partial charge in [0.1, 0.15) is 11.4 Å². The molecule has 0 saturated heterocycles. The summed E-state index contributed by atoms with van der Waals surface area (Å²) in [6.45, 7) is 0. The summed E-state index contributed by atoms with van der Waals surface area (Å²) in [6.07, 6.45) is -1.74. The van der Waals surface area contributed by atoms with Crippen molar-refractivity contribution in [3.05, 3.63) is 67.8 Å².